The van der Waals surface area contributed by atoms with E-state index in [0.717, 1.165) is 31.2 Å². The third-order valence-electron chi connectivity index (χ3n) is 11.0. The number of ether oxygens (including phenoxy) is 1. The number of hydrogen-bond donors (Lipinski definition) is 5. The number of carbonyl (C=O) groups excluding carboxylic acids is 5. The molecule has 7 rings (SSSR count). The zero-order valence-corrected chi connectivity index (χ0v) is 31.6. The van der Waals surface area contributed by atoms with Crippen LogP contribution in [0.5, 0.6) is 5.75 Å². The molecule has 1 aromatic carbocycles. The van der Waals surface area contributed by atoms with Crippen LogP contribution >= 0.6 is 0 Å². The molecule has 0 radical (unpaired) electrons. The van der Waals surface area contributed by atoms with Crippen molar-refractivity contribution in [3.63, 3.8) is 0 Å². The smallest absolute Gasteiger partial charge is 0.320 e. The molecule has 1 aromatic heterocycles. The summed E-state index contributed by atoms with van der Waals surface area (Å²) in [5, 5.41) is 10.8. The fraction of sp³-hybridized carbons (Fsp3) is 0.538. The zero-order valence-electron chi connectivity index (χ0n) is 30.8. The van der Waals surface area contributed by atoms with E-state index >= 15 is 0 Å². The SMILES string of the molecule is O=C1CCCCCOc2cccc(c2)-c2cccc(n2)NC(=O)N[C@@H]2C[C@H]3C(=O)N[C@]4(C(=O)NS(=O)(=O)C5CC5)C[C@H]4/C=C\CCCCC[C@H](N1)C(=O)N3C2. The van der Waals surface area contributed by atoms with Gasteiger partial charge in [0.05, 0.1) is 23.6 Å². The second-order valence-electron chi connectivity index (χ2n) is 15.3. The summed E-state index contributed by atoms with van der Waals surface area (Å²) in [6.45, 7) is 0.422. The summed E-state index contributed by atoms with van der Waals surface area (Å²) >= 11 is 0. The van der Waals surface area contributed by atoms with Gasteiger partial charge in [0.15, 0.2) is 0 Å². The number of pyridine rings is 1. The first-order valence-electron chi connectivity index (χ1n) is 19.4. The van der Waals surface area contributed by atoms with Gasteiger partial charge in [0.1, 0.15) is 29.2 Å². The lowest BCUT2D eigenvalue weighted by Crippen LogP contribution is -2.58. The standard InChI is InChI=1S/C39H49N7O8S/c47-34-17-7-4-8-20-54-28-13-9-11-25(21-28)30-15-10-16-33(41-30)43-38(51)40-27-22-32-35(48)44-39(37(50)45-55(52,53)29-18-19-29)23-26(39)12-5-2-1-3-6-14-31(42-34)36(49)46(32)24-27/h5,9-13,15-16,21,26-27,29,31-32H,1-4,6-8,14,17-20,22-24H2,(H,42,47)(H,44,48)(H,45,50)(H2,40,41,43,51)/b12-5-/t26-,27-,31+,32+,39-/m1/s1. The number of urea groups is 1. The van der Waals surface area contributed by atoms with Crippen LogP contribution in [-0.2, 0) is 29.2 Å². The highest BCUT2D eigenvalue weighted by Crippen LogP contribution is 2.46. The molecule has 4 heterocycles. The summed E-state index contributed by atoms with van der Waals surface area (Å²) in [7, 11) is -3.90. The van der Waals surface area contributed by atoms with Gasteiger partial charge in [-0.15, -0.1) is 0 Å². The maximum Gasteiger partial charge on any atom is 0.320 e. The first-order chi connectivity index (χ1) is 26.5. The lowest BCUT2D eigenvalue weighted by molar-refractivity contribution is -0.142. The molecule has 5 atom stereocenters. The Morgan fingerprint density at radius 1 is 0.945 bits per heavy atom. The van der Waals surface area contributed by atoms with Crippen molar-refractivity contribution in [1.82, 2.24) is 30.6 Å². The number of nitrogens with zero attached hydrogens (tertiary/aromatic N) is 2. The molecule has 294 valence electrons. The van der Waals surface area contributed by atoms with Crippen LogP contribution in [0.15, 0.2) is 54.6 Å². The van der Waals surface area contributed by atoms with Gasteiger partial charge in [0, 0.05) is 24.4 Å². The predicted octanol–water partition coefficient (Wildman–Crippen LogP) is 3.28. The molecule has 3 aliphatic heterocycles. The maximum atomic E-state index is 14.4. The van der Waals surface area contributed by atoms with Gasteiger partial charge in [-0.2, -0.15) is 0 Å². The Bertz CT molecular complexity index is 1950. The lowest BCUT2D eigenvalue weighted by atomic mass is 10.0. The number of aromatic nitrogens is 1. The van der Waals surface area contributed by atoms with Crippen molar-refractivity contribution < 1.29 is 37.1 Å². The maximum absolute atomic E-state index is 14.4. The van der Waals surface area contributed by atoms with E-state index in [1.54, 1.807) is 12.1 Å². The van der Waals surface area contributed by atoms with Crippen LogP contribution in [0.4, 0.5) is 10.6 Å². The molecule has 3 fully saturated rings. The number of sulfonamides is 1. The van der Waals surface area contributed by atoms with Crippen LogP contribution in [0, 0.1) is 5.92 Å². The molecule has 1 saturated heterocycles. The minimum atomic E-state index is -3.90. The number of anilines is 1. The number of amides is 6. The van der Waals surface area contributed by atoms with Gasteiger partial charge in [0.2, 0.25) is 27.7 Å². The summed E-state index contributed by atoms with van der Waals surface area (Å²) in [5.41, 5.74) is -0.0961. The van der Waals surface area contributed by atoms with E-state index in [0.29, 0.717) is 56.6 Å². The first-order valence-corrected chi connectivity index (χ1v) is 21.0. The van der Waals surface area contributed by atoms with E-state index in [-0.39, 0.29) is 37.5 Å². The molecule has 15 nitrogen and oxygen atoms in total. The van der Waals surface area contributed by atoms with Crippen molar-refractivity contribution in [3.8, 4) is 17.0 Å². The zero-order chi connectivity index (χ0) is 38.6. The van der Waals surface area contributed by atoms with Crippen molar-refractivity contribution >= 4 is 45.5 Å². The minimum absolute atomic E-state index is 0.0184. The Kier molecular flexibility index (Phi) is 11.4. The number of fused-ring (bicyclic) bond motifs is 8. The second-order valence-corrected chi connectivity index (χ2v) is 17.2. The number of rotatable bonds is 3. The average Bonchev–Trinajstić information content (AvgIpc) is 4.08. The van der Waals surface area contributed by atoms with Gasteiger partial charge in [-0.3, -0.25) is 29.2 Å². The van der Waals surface area contributed by atoms with Crippen LogP contribution in [0.1, 0.15) is 83.5 Å². The van der Waals surface area contributed by atoms with Gasteiger partial charge in [-0.05, 0) is 88.5 Å². The molecule has 2 aliphatic carbocycles. The minimum Gasteiger partial charge on any atom is -0.494 e. The highest BCUT2D eigenvalue weighted by molar-refractivity contribution is 7.91. The Morgan fingerprint density at radius 3 is 2.60 bits per heavy atom. The predicted molar refractivity (Wildman–Crippen MR) is 203 cm³/mol. The van der Waals surface area contributed by atoms with Crippen molar-refractivity contribution in [2.75, 3.05) is 18.5 Å². The van der Waals surface area contributed by atoms with Crippen LogP contribution in [0.2, 0.25) is 0 Å². The third kappa shape index (κ3) is 9.28. The van der Waals surface area contributed by atoms with E-state index in [9.17, 15) is 32.4 Å². The topological polar surface area (TPSA) is 205 Å². The summed E-state index contributed by atoms with van der Waals surface area (Å²) in [6, 6.07) is 9.45. The number of allylic oxidation sites excluding steroid dienone is 1. The van der Waals surface area contributed by atoms with Crippen molar-refractivity contribution in [2.45, 2.75) is 112 Å². The van der Waals surface area contributed by atoms with Gasteiger partial charge in [-0.1, -0.05) is 43.2 Å². The molecule has 6 amide bonds. The van der Waals surface area contributed by atoms with E-state index in [2.05, 4.69) is 31.0 Å². The quantitative estimate of drug-likeness (QED) is 0.290. The largest absolute Gasteiger partial charge is 0.494 e. The second kappa shape index (κ2) is 16.4. The normalized spacial score (nSPS) is 28.8. The van der Waals surface area contributed by atoms with Crippen molar-refractivity contribution in [3.05, 3.63) is 54.6 Å². The van der Waals surface area contributed by atoms with Crippen LogP contribution in [0.3, 0.4) is 0 Å². The Balaban J connectivity index is 1.16. The molecule has 5 N–H and O–H groups in total. The molecule has 5 aliphatic rings. The fourth-order valence-corrected chi connectivity index (χ4v) is 9.04. The van der Waals surface area contributed by atoms with E-state index in [1.165, 1.54) is 4.90 Å². The molecule has 55 heavy (non-hydrogen) atoms. The monoisotopic (exact) mass is 775 g/mol. The molecule has 0 unspecified atom stereocenters. The van der Waals surface area contributed by atoms with E-state index in [4.69, 9.17) is 4.74 Å². The molecule has 2 aromatic rings. The summed E-state index contributed by atoms with van der Waals surface area (Å²) < 4.78 is 33.8. The third-order valence-corrected chi connectivity index (χ3v) is 12.8. The highest BCUT2D eigenvalue weighted by Gasteiger charge is 2.62. The van der Waals surface area contributed by atoms with Gasteiger partial charge in [0.25, 0.3) is 5.91 Å². The van der Waals surface area contributed by atoms with E-state index < -0.39 is 68.6 Å². The van der Waals surface area contributed by atoms with Crippen LogP contribution < -0.4 is 30.7 Å². The summed E-state index contributed by atoms with van der Waals surface area (Å²) in [5.74, 6) is -1.65. The van der Waals surface area contributed by atoms with Gasteiger partial charge >= 0.3 is 6.03 Å². The molecule has 7 bridgehead atoms. The van der Waals surface area contributed by atoms with Crippen molar-refractivity contribution in [2.24, 2.45) is 5.92 Å². The van der Waals surface area contributed by atoms with Crippen LogP contribution in [0.25, 0.3) is 11.3 Å². The van der Waals surface area contributed by atoms with Gasteiger partial charge < -0.3 is 25.6 Å². The molecular formula is C39H49N7O8S. The lowest BCUT2D eigenvalue weighted by Gasteiger charge is -2.30. The summed E-state index contributed by atoms with van der Waals surface area (Å²) in [6.07, 6.45) is 10.5. The van der Waals surface area contributed by atoms with E-state index in [1.807, 2.05) is 42.5 Å². The Morgan fingerprint density at radius 2 is 1.76 bits per heavy atom. The van der Waals surface area contributed by atoms with Crippen molar-refractivity contribution in [1.29, 1.82) is 0 Å². The molecule has 2 saturated carbocycles. The Hall–Kier alpha value is -4.99. The fourth-order valence-electron chi connectivity index (χ4n) is 7.67. The van der Waals surface area contributed by atoms with Gasteiger partial charge in [-0.25, -0.2) is 18.2 Å². The number of benzene rings is 1. The summed E-state index contributed by atoms with van der Waals surface area (Å²) in [4.78, 5) is 75.0. The molecule has 0 spiro atoms. The first kappa shape index (κ1) is 38.3. The number of hydrogen-bond acceptors (Lipinski definition) is 9. The highest BCUT2D eigenvalue weighted by atomic mass is 32.2. The number of carbonyl (C=O) groups is 5. The van der Waals surface area contributed by atoms with Crippen LogP contribution in [-0.4, -0.2) is 90.0 Å². The number of nitrogens with one attached hydrogen (secondary N) is 5. The molecule has 16 heteroatoms. The molecular weight excluding hydrogens is 727 g/mol. The Labute approximate surface area is 320 Å². The average molecular weight is 776 g/mol.